The Morgan fingerprint density at radius 3 is 2.68 bits per heavy atom. The van der Waals surface area contributed by atoms with E-state index in [2.05, 4.69) is 16.9 Å². The molecule has 2 atom stereocenters. The van der Waals surface area contributed by atoms with E-state index in [1.54, 1.807) is 4.68 Å². The monoisotopic (exact) mass is 281 g/mol. The van der Waals surface area contributed by atoms with Crippen molar-refractivity contribution in [3.05, 3.63) is 16.4 Å². The number of rotatable bonds is 2. The molecule has 1 saturated heterocycles. The van der Waals surface area contributed by atoms with Gasteiger partial charge in [0.25, 0.3) is 0 Å². The van der Waals surface area contributed by atoms with Crippen LogP contribution in [0.1, 0.15) is 49.8 Å². The van der Waals surface area contributed by atoms with Crippen molar-refractivity contribution in [2.75, 3.05) is 6.54 Å². The van der Waals surface area contributed by atoms with Crippen LogP contribution in [-0.4, -0.2) is 27.3 Å². The summed E-state index contributed by atoms with van der Waals surface area (Å²) in [6.07, 6.45) is 8.42. The molecule has 3 rings (SSSR count). The van der Waals surface area contributed by atoms with E-state index in [0.29, 0.717) is 0 Å². The van der Waals surface area contributed by atoms with Gasteiger partial charge in [-0.1, -0.05) is 24.4 Å². The maximum Gasteiger partial charge on any atom is 0.131 e. The number of nitrogens with zero attached hydrogens (tertiary/aromatic N) is 3. The number of fused-ring (bicyclic) bond motifs is 1. The second kappa shape index (κ2) is 5.45. The minimum Gasteiger partial charge on any atom is -0.296 e. The Hall–Kier alpha value is -0.540. The van der Waals surface area contributed by atoms with Gasteiger partial charge < -0.3 is 0 Å². The minimum absolute atomic E-state index is 0.790. The molecule has 0 bridgehead atoms. The summed E-state index contributed by atoms with van der Waals surface area (Å²) in [5.41, 5.74) is 2.32. The number of aromatic nitrogens is 2. The zero-order valence-electron chi connectivity index (χ0n) is 12.0. The largest absolute Gasteiger partial charge is 0.296 e. The Balaban J connectivity index is 1.77. The Morgan fingerprint density at radius 1 is 1.21 bits per heavy atom. The third kappa shape index (κ3) is 2.55. The summed E-state index contributed by atoms with van der Waals surface area (Å²) in [5, 5.41) is 5.25. The van der Waals surface area contributed by atoms with Crippen molar-refractivity contribution in [1.82, 2.24) is 14.7 Å². The van der Waals surface area contributed by atoms with Crippen molar-refractivity contribution in [2.24, 2.45) is 13.0 Å². The van der Waals surface area contributed by atoms with Crippen LogP contribution in [0.2, 0.25) is 5.15 Å². The molecule has 1 aromatic rings. The summed E-state index contributed by atoms with van der Waals surface area (Å²) < 4.78 is 1.80. The van der Waals surface area contributed by atoms with E-state index in [1.165, 1.54) is 50.6 Å². The van der Waals surface area contributed by atoms with Gasteiger partial charge in [0.1, 0.15) is 5.15 Å². The first-order valence-corrected chi connectivity index (χ1v) is 7.96. The Kier molecular flexibility index (Phi) is 3.86. The molecule has 2 fully saturated rings. The molecule has 3 nitrogen and oxygen atoms in total. The van der Waals surface area contributed by atoms with Gasteiger partial charge in [0.15, 0.2) is 0 Å². The fourth-order valence-electron chi connectivity index (χ4n) is 3.98. The van der Waals surface area contributed by atoms with Crippen molar-refractivity contribution in [1.29, 1.82) is 0 Å². The topological polar surface area (TPSA) is 21.1 Å². The van der Waals surface area contributed by atoms with Gasteiger partial charge in [0.2, 0.25) is 0 Å². The van der Waals surface area contributed by atoms with Gasteiger partial charge in [-0.3, -0.25) is 9.58 Å². The van der Waals surface area contributed by atoms with Crippen LogP contribution in [-0.2, 0) is 13.6 Å². The molecule has 0 unspecified atom stereocenters. The molecule has 19 heavy (non-hydrogen) atoms. The van der Waals surface area contributed by atoms with Gasteiger partial charge in [0, 0.05) is 25.2 Å². The van der Waals surface area contributed by atoms with Gasteiger partial charge in [-0.2, -0.15) is 5.10 Å². The van der Waals surface area contributed by atoms with Crippen molar-refractivity contribution < 1.29 is 0 Å². The molecule has 106 valence electrons. The van der Waals surface area contributed by atoms with Crippen LogP contribution < -0.4 is 0 Å². The van der Waals surface area contributed by atoms with E-state index >= 15 is 0 Å². The highest BCUT2D eigenvalue weighted by atomic mass is 35.5. The second-order valence-corrected chi connectivity index (χ2v) is 6.56. The average Bonchev–Trinajstić information content (AvgIpc) is 2.66. The Bertz CT molecular complexity index is 452. The van der Waals surface area contributed by atoms with Crippen LogP contribution in [0.4, 0.5) is 0 Å². The van der Waals surface area contributed by atoms with Gasteiger partial charge in [-0.05, 0) is 45.1 Å². The Labute approximate surface area is 120 Å². The molecule has 0 spiro atoms. The smallest absolute Gasteiger partial charge is 0.131 e. The summed E-state index contributed by atoms with van der Waals surface area (Å²) in [5.74, 6) is 0.929. The molecule has 4 heteroatoms. The molecule has 1 saturated carbocycles. The van der Waals surface area contributed by atoms with Crippen molar-refractivity contribution in [2.45, 2.75) is 58.0 Å². The van der Waals surface area contributed by atoms with E-state index in [4.69, 9.17) is 11.6 Å². The third-order valence-corrected chi connectivity index (χ3v) is 5.46. The molecule has 0 amide bonds. The van der Waals surface area contributed by atoms with Gasteiger partial charge in [-0.25, -0.2) is 0 Å². The standard InChI is InChI=1S/C15H24ClN3/c1-11-13(15(16)18(2)17-11)10-19-9-5-7-12-6-3-4-8-14(12)19/h12,14H,3-10H2,1-2H3/t12-,14-/m1/s1. The molecule has 2 heterocycles. The van der Waals surface area contributed by atoms with E-state index in [9.17, 15) is 0 Å². The van der Waals surface area contributed by atoms with Crippen molar-refractivity contribution >= 4 is 11.6 Å². The first kappa shape index (κ1) is 13.4. The lowest BCUT2D eigenvalue weighted by molar-refractivity contribution is 0.0546. The highest BCUT2D eigenvalue weighted by Crippen LogP contribution is 2.36. The molecular weight excluding hydrogens is 258 g/mol. The van der Waals surface area contributed by atoms with Crippen LogP contribution in [0.5, 0.6) is 0 Å². The fourth-order valence-corrected chi connectivity index (χ4v) is 4.22. The third-order valence-electron chi connectivity index (χ3n) is 4.99. The SMILES string of the molecule is Cc1nn(C)c(Cl)c1CN1CCC[C@H]2CCCC[C@H]21. The molecule has 1 aliphatic carbocycles. The van der Waals surface area contributed by atoms with E-state index in [-0.39, 0.29) is 0 Å². The zero-order chi connectivity index (χ0) is 13.4. The van der Waals surface area contributed by atoms with Crippen molar-refractivity contribution in [3.8, 4) is 0 Å². The summed E-state index contributed by atoms with van der Waals surface area (Å²) in [7, 11) is 1.93. The predicted octanol–water partition coefficient (Wildman–Crippen LogP) is 3.54. The fraction of sp³-hybridized carbons (Fsp3) is 0.800. The summed E-state index contributed by atoms with van der Waals surface area (Å²) in [6.45, 7) is 4.29. The lowest BCUT2D eigenvalue weighted by Gasteiger charge is -2.44. The molecule has 1 aliphatic heterocycles. The second-order valence-electron chi connectivity index (χ2n) is 6.20. The number of halogens is 1. The molecule has 0 N–H and O–H groups in total. The molecule has 0 radical (unpaired) electrons. The average molecular weight is 282 g/mol. The van der Waals surface area contributed by atoms with Crippen LogP contribution in [0.25, 0.3) is 0 Å². The maximum absolute atomic E-state index is 6.38. The summed E-state index contributed by atoms with van der Waals surface area (Å²) >= 11 is 6.38. The van der Waals surface area contributed by atoms with Gasteiger partial charge >= 0.3 is 0 Å². The molecule has 2 aliphatic rings. The van der Waals surface area contributed by atoms with Crippen molar-refractivity contribution in [3.63, 3.8) is 0 Å². The normalized spacial score (nSPS) is 28.4. The number of hydrogen-bond donors (Lipinski definition) is 0. The van der Waals surface area contributed by atoms with Gasteiger partial charge in [0.05, 0.1) is 5.69 Å². The number of likely N-dealkylation sites (tertiary alicyclic amines) is 1. The van der Waals surface area contributed by atoms with Gasteiger partial charge in [-0.15, -0.1) is 0 Å². The quantitative estimate of drug-likeness (QED) is 0.827. The highest BCUT2D eigenvalue weighted by Gasteiger charge is 2.33. The van der Waals surface area contributed by atoms with E-state index < -0.39 is 0 Å². The summed E-state index contributed by atoms with van der Waals surface area (Å²) in [6, 6.07) is 0.790. The maximum atomic E-state index is 6.38. The van der Waals surface area contributed by atoms with Crippen LogP contribution >= 0.6 is 11.6 Å². The lowest BCUT2D eigenvalue weighted by Crippen LogP contribution is -2.46. The number of hydrogen-bond acceptors (Lipinski definition) is 2. The number of piperidine rings is 1. The zero-order valence-corrected chi connectivity index (χ0v) is 12.8. The molecule has 1 aromatic heterocycles. The van der Waals surface area contributed by atoms with Crippen LogP contribution in [0.3, 0.4) is 0 Å². The van der Waals surface area contributed by atoms with Crippen LogP contribution in [0, 0.1) is 12.8 Å². The highest BCUT2D eigenvalue weighted by molar-refractivity contribution is 6.30. The first-order valence-electron chi connectivity index (χ1n) is 7.59. The first-order chi connectivity index (χ1) is 9.16. The minimum atomic E-state index is 0.790. The summed E-state index contributed by atoms with van der Waals surface area (Å²) in [4.78, 5) is 2.67. The lowest BCUT2D eigenvalue weighted by atomic mass is 9.78. The van der Waals surface area contributed by atoms with Crippen LogP contribution in [0.15, 0.2) is 0 Å². The predicted molar refractivity (Wildman–Crippen MR) is 78.3 cm³/mol. The molecule has 0 aromatic carbocycles. The van der Waals surface area contributed by atoms with E-state index in [1.807, 2.05) is 7.05 Å². The molecular formula is C15H24ClN3. The van der Waals surface area contributed by atoms with E-state index in [0.717, 1.165) is 29.4 Å². The Morgan fingerprint density at radius 2 is 1.95 bits per heavy atom. The number of aryl methyl sites for hydroxylation is 2.